The monoisotopic (exact) mass is 488 g/mol. The third-order valence-corrected chi connectivity index (χ3v) is 6.31. The molecule has 7 nitrogen and oxygen atoms in total. The Bertz CT molecular complexity index is 1330. The largest absolute Gasteiger partial charge is 0.449 e. The summed E-state index contributed by atoms with van der Waals surface area (Å²) in [4.78, 5) is 42.5. The second kappa shape index (κ2) is 10.5. The molecule has 0 aliphatic carbocycles. The number of para-hydroxylation sites is 1. The Labute approximate surface area is 206 Å². The minimum Gasteiger partial charge on any atom is -0.449 e. The average Bonchev–Trinajstić information content (AvgIpc) is 3.26. The number of thiazole rings is 1. The number of nitrogens with zero attached hydrogens (tertiary/aromatic N) is 2. The van der Waals surface area contributed by atoms with Gasteiger partial charge in [-0.05, 0) is 54.4 Å². The maximum absolute atomic E-state index is 12.8. The predicted molar refractivity (Wildman–Crippen MR) is 134 cm³/mol. The molecule has 1 amide bonds. The van der Waals surface area contributed by atoms with Crippen LogP contribution in [0.25, 0.3) is 21.3 Å². The first kappa shape index (κ1) is 24.1. The summed E-state index contributed by atoms with van der Waals surface area (Å²) >= 11 is 1.53. The van der Waals surface area contributed by atoms with Crippen LogP contribution in [0, 0.1) is 0 Å². The minimum atomic E-state index is -0.935. The molecule has 0 spiro atoms. The number of hydrogen-bond donors (Lipinski definition) is 0. The molecular formula is C27H24N2O5S. The smallest absolute Gasteiger partial charge is 0.338 e. The lowest BCUT2D eigenvalue weighted by Gasteiger charge is -2.20. The van der Waals surface area contributed by atoms with Gasteiger partial charge in [-0.1, -0.05) is 36.4 Å². The van der Waals surface area contributed by atoms with Crippen molar-refractivity contribution in [2.75, 3.05) is 7.05 Å². The van der Waals surface area contributed by atoms with Crippen molar-refractivity contribution in [2.24, 2.45) is 0 Å². The Kier molecular flexibility index (Phi) is 7.22. The first-order valence-corrected chi connectivity index (χ1v) is 11.8. The molecule has 8 heteroatoms. The highest BCUT2D eigenvalue weighted by Gasteiger charge is 2.23. The van der Waals surface area contributed by atoms with Crippen LogP contribution in [-0.2, 0) is 20.9 Å². The molecule has 1 aromatic heterocycles. The summed E-state index contributed by atoms with van der Waals surface area (Å²) in [5, 5.41) is 0.817. The summed E-state index contributed by atoms with van der Waals surface area (Å²) in [6, 6.07) is 21.8. The zero-order chi connectivity index (χ0) is 24.9. The van der Waals surface area contributed by atoms with Crippen molar-refractivity contribution < 1.29 is 23.9 Å². The molecular weight excluding hydrogens is 464 g/mol. The van der Waals surface area contributed by atoms with Crippen LogP contribution in [0.1, 0.15) is 29.2 Å². The summed E-state index contributed by atoms with van der Waals surface area (Å²) in [7, 11) is 1.67. The van der Waals surface area contributed by atoms with Crippen LogP contribution in [0.5, 0.6) is 5.75 Å². The number of likely N-dealkylation sites (N-methyl/N-ethyl adjacent to an activating group) is 1. The van der Waals surface area contributed by atoms with Gasteiger partial charge in [0.25, 0.3) is 5.91 Å². The van der Waals surface area contributed by atoms with E-state index in [2.05, 4.69) is 4.98 Å². The van der Waals surface area contributed by atoms with Gasteiger partial charge < -0.3 is 14.4 Å². The van der Waals surface area contributed by atoms with E-state index in [9.17, 15) is 14.4 Å². The molecule has 0 aliphatic rings. The lowest BCUT2D eigenvalue weighted by atomic mass is 10.0. The van der Waals surface area contributed by atoms with Crippen molar-refractivity contribution in [3.8, 4) is 16.9 Å². The first-order chi connectivity index (χ1) is 16.8. The molecule has 0 radical (unpaired) electrons. The normalized spacial score (nSPS) is 11.6. The molecule has 4 aromatic rings. The van der Waals surface area contributed by atoms with Crippen molar-refractivity contribution in [3.05, 3.63) is 83.4 Å². The van der Waals surface area contributed by atoms with Gasteiger partial charge in [0.15, 0.2) is 6.10 Å². The SMILES string of the molecule is CC(=O)Oc1ccc(-c2ccc(C(=O)OC(C)C(=O)N(C)Cc3nc4ccccc4s3)cc2)cc1. The molecule has 0 aliphatic heterocycles. The molecule has 178 valence electrons. The quantitative estimate of drug-likeness (QED) is 0.266. The summed E-state index contributed by atoms with van der Waals surface area (Å²) in [5.74, 6) is -0.789. The highest BCUT2D eigenvalue weighted by Crippen LogP contribution is 2.24. The van der Waals surface area contributed by atoms with Crippen molar-refractivity contribution in [2.45, 2.75) is 26.5 Å². The molecule has 3 aromatic carbocycles. The number of amides is 1. The van der Waals surface area contributed by atoms with Gasteiger partial charge in [-0.25, -0.2) is 9.78 Å². The van der Waals surface area contributed by atoms with Gasteiger partial charge in [-0.15, -0.1) is 11.3 Å². The second-order valence-corrected chi connectivity index (χ2v) is 9.13. The van der Waals surface area contributed by atoms with E-state index in [-0.39, 0.29) is 11.9 Å². The van der Waals surface area contributed by atoms with E-state index in [0.29, 0.717) is 17.9 Å². The van der Waals surface area contributed by atoms with Crippen LogP contribution >= 0.6 is 11.3 Å². The summed E-state index contributed by atoms with van der Waals surface area (Å²) in [5.41, 5.74) is 3.03. The van der Waals surface area contributed by atoms with Crippen LogP contribution in [-0.4, -0.2) is 40.9 Å². The van der Waals surface area contributed by atoms with Crippen molar-refractivity contribution >= 4 is 39.4 Å². The molecule has 0 saturated carbocycles. The third-order valence-electron chi connectivity index (χ3n) is 5.29. The standard InChI is InChI=1S/C27H24N2O5S/c1-17(26(31)29(3)16-25-28-23-6-4-5-7-24(23)35-25)33-27(32)21-10-8-19(9-11-21)20-12-14-22(15-13-20)34-18(2)30/h4-15,17H,16H2,1-3H3. The summed E-state index contributed by atoms with van der Waals surface area (Å²) < 4.78 is 11.5. The van der Waals surface area contributed by atoms with Gasteiger partial charge in [0.05, 0.1) is 22.3 Å². The number of esters is 2. The van der Waals surface area contributed by atoms with E-state index in [1.54, 1.807) is 50.4 Å². The molecule has 4 rings (SSSR count). The van der Waals surface area contributed by atoms with Gasteiger partial charge in [-0.2, -0.15) is 0 Å². The molecule has 0 N–H and O–H groups in total. The van der Waals surface area contributed by atoms with Crippen LogP contribution in [0.4, 0.5) is 0 Å². The van der Waals surface area contributed by atoms with Crippen LogP contribution in [0.15, 0.2) is 72.8 Å². The van der Waals surface area contributed by atoms with E-state index in [0.717, 1.165) is 26.4 Å². The maximum Gasteiger partial charge on any atom is 0.338 e. The summed E-state index contributed by atoms with van der Waals surface area (Å²) in [6.07, 6.45) is -0.935. The van der Waals surface area contributed by atoms with E-state index in [4.69, 9.17) is 9.47 Å². The van der Waals surface area contributed by atoms with Gasteiger partial charge in [0.1, 0.15) is 10.8 Å². The maximum atomic E-state index is 12.8. The Morgan fingerprint density at radius 2 is 1.57 bits per heavy atom. The van der Waals surface area contributed by atoms with Crippen LogP contribution in [0.2, 0.25) is 0 Å². The third kappa shape index (κ3) is 5.91. The topological polar surface area (TPSA) is 85.8 Å². The number of aromatic nitrogens is 1. The zero-order valence-corrected chi connectivity index (χ0v) is 20.4. The molecule has 0 bridgehead atoms. The molecule has 1 unspecified atom stereocenters. The Morgan fingerprint density at radius 1 is 0.943 bits per heavy atom. The lowest BCUT2D eigenvalue weighted by molar-refractivity contribution is -0.139. The van der Waals surface area contributed by atoms with E-state index in [1.165, 1.54) is 23.2 Å². The van der Waals surface area contributed by atoms with E-state index >= 15 is 0 Å². The molecule has 0 saturated heterocycles. The highest BCUT2D eigenvalue weighted by molar-refractivity contribution is 7.18. The first-order valence-electron chi connectivity index (χ1n) is 11.0. The van der Waals surface area contributed by atoms with Crippen molar-refractivity contribution in [1.29, 1.82) is 0 Å². The Balaban J connectivity index is 1.34. The average molecular weight is 489 g/mol. The Hall–Kier alpha value is -4.04. The van der Waals surface area contributed by atoms with Crippen LogP contribution in [0.3, 0.4) is 0 Å². The summed E-state index contributed by atoms with van der Waals surface area (Å²) in [6.45, 7) is 3.25. The van der Waals surface area contributed by atoms with Gasteiger partial charge in [-0.3, -0.25) is 9.59 Å². The predicted octanol–water partition coefficient (Wildman–Crippen LogP) is 5.09. The Morgan fingerprint density at radius 3 is 2.20 bits per heavy atom. The molecule has 1 atom stereocenters. The second-order valence-electron chi connectivity index (χ2n) is 8.01. The van der Waals surface area contributed by atoms with Crippen molar-refractivity contribution in [3.63, 3.8) is 0 Å². The van der Waals surface area contributed by atoms with E-state index < -0.39 is 12.1 Å². The number of ether oxygens (including phenoxy) is 2. The fourth-order valence-corrected chi connectivity index (χ4v) is 4.56. The van der Waals surface area contributed by atoms with Gasteiger partial charge >= 0.3 is 11.9 Å². The fourth-order valence-electron chi connectivity index (χ4n) is 3.54. The van der Waals surface area contributed by atoms with Gasteiger partial charge in [0, 0.05) is 14.0 Å². The van der Waals surface area contributed by atoms with Crippen molar-refractivity contribution in [1.82, 2.24) is 9.88 Å². The fraction of sp³-hybridized carbons (Fsp3) is 0.185. The molecule has 35 heavy (non-hydrogen) atoms. The zero-order valence-electron chi connectivity index (χ0n) is 19.6. The number of fused-ring (bicyclic) bond motifs is 1. The highest BCUT2D eigenvalue weighted by atomic mass is 32.1. The molecule has 0 fully saturated rings. The number of carbonyl (C=O) groups excluding carboxylic acids is 3. The number of rotatable bonds is 7. The van der Waals surface area contributed by atoms with Gasteiger partial charge in [0.2, 0.25) is 0 Å². The number of carbonyl (C=O) groups is 3. The number of hydrogen-bond acceptors (Lipinski definition) is 7. The van der Waals surface area contributed by atoms with Crippen LogP contribution < -0.4 is 4.74 Å². The van der Waals surface area contributed by atoms with E-state index in [1.807, 2.05) is 36.4 Å². The number of benzene rings is 3. The minimum absolute atomic E-state index is 0.304. The molecule has 1 heterocycles. The lowest BCUT2D eigenvalue weighted by Crippen LogP contribution is -2.37.